The molecule has 0 bridgehead atoms. The van der Waals surface area contributed by atoms with E-state index >= 15 is 0 Å². The van der Waals surface area contributed by atoms with Gasteiger partial charge in [0, 0.05) is 18.2 Å². The molecule has 0 saturated carbocycles. The highest BCUT2D eigenvalue weighted by molar-refractivity contribution is 5.87. The van der Waals surface area contributed by atoms with E-state index in [1.165, 1.54) is 0 Å². The maximum Gasteiger partial charge on any atom is 0.316 e. The largest absolute Gasteiger partial charge is 0.352 e. The van der Waals surface area contributed by atoms with Crippen LogP contribution in [0.5, 0.6) is 0 Å². The monoisotopic (exact) mass is 249 g/mol. The Labute approximate surface area is 107 Å². The average molecular weight is 249 g/mol. The number of carbonyl (C=O) groups is 2. The first-order valence-corrected chi connectivity index (χ1v) is 5.96. The Morgan fingerprint density at radius 2 is 1.89 bits per heavy atom. The smallest absolute Gasteiger partial charge is 0.316 e. The number of nitrogens with two attached hydrogens (primary N) is 1. The number of nitrogens with one attached hydrogen (secondary N) is 2. The molecular formula is C13H19N3O2. The molecule has 5 heteroatoms. The number of primary amides is 1. The van der Waals surface area contributed by atoms with E-state index in [9.17, 15) is 9.59 Å². The van der Waals surface area contributed by atoms with Gasteiger partial charge in [-0.05, 0) is 24.1 Å². The van der Waals surface area contributed by atoms with Crippen LogP contribution in [0.3, 0.4) is 0 Å². The summed E-state index contributed by atoms with van der Waals surface area (Å²) in [6.07, 6.45) is 0.827. The van der Waals surface area contributed by atoms with Gasteiger partial charge in [0.15, 0.2) is 0 Å². The third kappa shape index (κ3) is 4.45. The Kier molecular flexibility index (Phi) is 5.17. The summed E-state index contributed by atoms with van der Waals surface area (Å²) in [4.78, 5) is 22.2. The third-order valence-corrected chi connectivity index (χ3v) is 2.75. The molecule has 5 nitrogen and oxygen atoms in total. The standard InChI is InChI=1S/C13H19N3O2/c1-3-9(2)12(17)15-8-10-4-6-11(7-5-10)16-13(14)18/h4-7,9H,3,8H2,1-2H3,(H,15,17)(H3,14,16,18). The highest BCUT2D eigenvalue weighted by Gasteiger charge is 2.09. The summed E-state index contributed by atoms with van der Waals surface area (Å²) in [6.45, 7) is 4.36. The molecule has 18 heavy (non-hydrogen) atoms. The highest BCUT2D eigenvalue weighted by Crippen LogP contribution is 2.09. The second-order valence-corrected chi connectivity index (χ2v) is 4.21. The van der Waals surface area contributed by atoms with Gasteiger partial charge in [-0.1, -0.05) is 26.0 Å². The van der Waals surface area contributed by atoms with Crippen LogP contribution in [-0.4, -0.2) is 11.9 Å². The van der Waals surface area contributed by atoms with Crippen molar-refractivity contribution in [2.24, 2.45) is 11.7 Å². The van der Waals surface area contributed by atoms with Crippen LogP contribution in [-0.2, 0) is 11.3 Å². The lowest BCUT2D eigenvalue weighted by Gasteiger charge is -2.10. The molecule has 3 amide bonds. The Balaban J connectivity index is 2.49. The lowest BCUT2D eigenvalue weighted by Crippen LogP contribution is -2.28. The fourth-order valence-electron chi connectivity index (χ4n) is 1.40. The number of hydrogen-bond acceptors (Lipinski definition) is 2. The van der Waals surface area contributed by atoms with E-state index in [0.29, 0.717) is 12.2 Å². The van der Waals surface area contributed by atoms with Crippen molar-refractivity contribution >= 4 is 17.6 Å². The van der Waals surface area contributed by atoms with E-state index in [4.69, 9.17) is 5.73 Å². The molecule has 0 aliphatic carbocycles. The maximum atomic E-state index is 11.6. The Morgan fingerprint density at radius 3 is 2.39 bits per heavy atom. The number of carbonyl (C=O) groups excluding carboxylic acids is 2. The summed E-state index contributed by atoms with van der Waals surface area (Å²) in [6, 6.07) is 6.57. The quantitative estimate of drug-likeness (QED) is 0.744. The first kappa shape index (κ1) is 14.0. The minimum atomic E-state index is -0.590. The fourth-order valence-corrected chi connectivity index (χ4v) is 1.40. The molecule has 1 aromatic carbocycles. The minimum absolute atomic E-state index is 0.0285. The lowest BCUT2D eigenvalue weighted by atomic mass is 10.1. The van der Waals surface area contributed by atoms with Crippen LogP contribution in [0, 0.1) is 5.92 Å². The molecule has 0 radical (unpaired) electrons. The van der Waals surface area contributed by atoms with Crippen LogP contribution < -0.4 is 16.4 Å². The first-order valence-electron chi connectivity index (χ1n) is 5.96. The lowest BCUT2D eigenvalue weighted by molar-refractivity contribution is -0.124. The van der Waals surface area contributed by atoms with Crippen LogP contribution in [0.15, 0.2) is 24.3 Å². The molecule has 1 unspecified atom stereocenters. The molecule has 4 N–H and O–H groups in total. The third-order valence-electron chi connectivity index (χ3n) is 2.75. The van der Waals surface area contributed by atoms with Crippen LogP contribution in [0.1, 0.15) is 25.8 Å². The molecule has 0 saturated heterocycles. The van der Waals surface area contributed by atoms with Gasteiger partial charge in [0.1, 0.15) is 0 Å². The molecule has 1 aromatic rings. The molecule has 1 rings (SSSR count). The summed E-state index contributed by atoms with van der Waals surface area (Å²) in [5.74, 6) is 0.0811. The van der Waals surface area contributed by atoms with E-state index in [0.717, 1.165) is 12.0 Å². The predicted molar refractivity (Wildman–Crippen MR) is 70.9 cm³/mol. The van der Waals surface area contributed by atoms with Gasteiger partial charge in [-0.15, -0.1) is 0 Å². The van der Waals surface area contributed by atoms with Crippen molar-refractivity contribution in [3.8, 4) is 0 Å². The zero-order valence-corrected chi connectivity index (χ0v) is 10.7. The molecule has 0 spiro atoms. The SMILES string of the molecule is CCC(C)C(=O)NCc1ccc(NC(N)=O)cc1. The van der Waals surface area contributed by atoms with Crippen LogP contribution in [0.4, 0.5) is 10.5 Å². The van der Waals surface area contributed by atoms with Gasteiger partial charge in [-0.3, -0.25) is 4.79 Å². The van der Waals surface area contributed by atoms with Crippen molar-refractivity contribution in [2.75, 3.05) is 5.32 Å². The maximum absolute atomic E-state index is 11.6. The van der Waals surface area contributed by atoms with E-state index in [2.05, 4.69) is 10.6 Å². The van der Waals surface area contributed by atoms with E-state index < -0.39 is 6.03 Å². The Bertz CT molecular complexity index is 415. The van der Waals surface area contributed by atoms with Crippen LogP contribution >= 0.6 is 0 Å². The average Bonchev–Trinajstić information content (AvgIpc) is 2.36. The minimum Gasteiger partial charge on any atom is -0.352 e. The van der Waals surface area contributed by atoms with Crippen molar-refractivity contribution < 1.29 is 9.59 Å². The second kappa shape index (κ2) is 6.64. The summed E-state index contributed by atoms with van der Waals surface area (Å²) >= 11 is 0. The molecule has 1 atom stereocenters. The van der Waals surface area contributed by atoms with Gasteiger partial charge >= 0.3 is 6.03 Å². The number of amides is 3. The fraction of sp³-hybridized carbons (Fsp3) is 0.385. The molecule has 0 aromatic heterocycles. The van der Waals surface area contributed by atoms with Gasteiger partial charge in [-0.2, -0.15) is 0 Å². The number of urea groups is 1. The molecule has 98 valence electrons. The van der Waals surface area contributed by atoms with Crippen LogP contribution in [0.2, 0.25) is 0 Å². The second-order valence-electron chi connectivity index (χ2n) is 4.21. The normalized spacial score (nSPS) is 11.7. The van der Waals surface area contributed by atoms with Gasteiger partial charge in [0.25, 0.3) is 0 Å². The number of rotatable bonds is 5. The topological polar surface area (TPSA) is 84.2 Å². The summed E-state index contributed by atoms with van der Waals surface area (Å²) in [5, 5.41) is 5.33. The molecule has 0 aliphatic heterocycles. The molecule has 0 fully saturated rings. The summed E-state index contributed by atoms with van der Waals surface area (Å²) < 4.78 is 0. The Hall–Kier alpha value is -2.04. The number of benzene rings is 1. The van der Waals surface area contributed by atoms with Gasteiger partial charge < -0.3 is 16.4 Å². The Morgan fingerprint density at radius 1 is 1.28 bits per heavy atom. The molecule has 0 aliphatic rings. The number of hydrogen-bond donors (Lipinski definition) is 3. The van der Waals surface area contributed by atoms with Crippen LogP contribution in [0.25, 0.3) is 0 Å². The zero-order valence-electron chi connectivity index (χ0n) is 10.7. The van der Waals surface area contributed by atoms with E-state index in [1.54, 1.807) is 12.1 Å². The van der Waals surface area contributed by atoms with Crippen molar-refractivity contribution in [1.29, 1.82) is 0 Å². The van der Waals surface area contributed by atoms with Crippen molar-refractivity contribution in [3.63, 3.8) is 0 Å². The van der Waals surface area contributed by atoms with Crippen molar-refractivity contribution in [3.05, 3.63) is 29.8 Å². The van der Waals surface area contributed by atoms with Gasteiger partial charge in [-0.25, -0.2) is 4.79 Å². The highest BCUT2D eigenvalue weighted by atomic mass is 16.2. The summed E-state index contributed by atoms with van der Waals surface area (Å²) in [7, 11) is 0. The zero-order chi connectivity index (χ0) is 13.5. The van der Waals surface area contributed by atoms with E-state index in [1.807, 2.05) is 26.0 Å². The van der Waals surface area contributed by atoms with Gasteiger partial charge in [0.2, 0.25) is 5.91 Å². The van der Waals surface area contributed by atoms with Gasteiger partial charge in [0.05, 0.1) is 0 Å². The molecular weight excluding hydrogens is 230 g/mol. The number of anilines is 1. The summed E-state index contributed by atoms with van der Waals surface area (Å²) in [5.41, 5.74) is 6.61. The predicted octanol–water partition coefficient (Wildman–Crippen LogP) is 1.84. The molecule has 0 heterocycles. The van der Waals surface area contributed by atoms with E-state index in [-0.39, 0.29) is 11.8 Å². The van der Waals surface area contributed by atoms with Crippen molar-refractivity contribution in [1.82, 2.24) is 5.32 Å². The van der Waals surface area contributed by atoms with Crippen molar-refractivity contribution in [2.45, 2.75) is 26.8 Å². The first-order chi connectivity index (χ1) is 8.52.